The molecule has 0 bridgehead atoms. The average Bonchev–Trinajstić information content (AvgIpc) is 2.94. The van der Waals surface area contributed by atoms with E-state index in [1.807, 2.05) is 0 Å². The fourth-order valence-corrected chi connectivity index (χ4v) is 3.15. The number of nitrogens with one attached hydrogen (secondary N) is 1. The maximum Gasteiger partial charge on any atom is 0.404 e. The van der Waals surface area contributed by atoms with Gasteiger partial charge in [-0.1, -0.05) is 0 Å². The third-order valence-corrected chi connectivity index (χ3v) is 4.00. The molecule has 7 nitrogen and oxygen atoms in total. The van der Waals surface area contributed by atoms with E-state index in [2.05, 4.69) is 15.0 Å². The molecule has 0 fully saturated rings. The highest BCUT2D eigenvalue weighted by atomic mass is 32.1. The number of rotatable bonds is 6. The number of esters is 1. The Balaban J connectivity index is 1.91. The van der Waals surface area contributed by atoms with Crippen molar-refractivity contribution in [2.75, 3.05) is 25.1 Å². The van der Waals surface area contributed by atoms with Crippen molar-refractivity contribution >= 4 is 28.5 Å². The minimum atomic E-state index is -0.796. The molecule has 0 saturated carbocycles. The Morgan fingerprint density at radius 3 is 3.00 bits per heavy atom. The van der Waals surface area contributed by atoms with Gasteiger partial charge < -0.3 is 20.5 Å². The smallest absolute Gasteiger partial charge is 0.404 e. The number of ether oxygens (including phenoxy) is 2. The number of hydrogen-bond donors (Lipinski definition) is 2. The first-order chi connectivity index (χ1) is 9.61. The minimum absolute atomic E-state index is 0.181. The zero-order valence-corrected chi connectivity index (χ0v) is 12.0. The number of nitrogens with two attached hydrogens (primary N) is 1. The molecule has 1 amide bonds. The Morgan fingerprint density at radius 2 is 2.30 bits per heavy atom. The predicted octanol–water partition coefficient (Wildman–Crippen LogP) is 1.24. The molecule has 3 N–H and O–H groups in total. The summed E-state index contributed by atoms with van der Waals surface area (Å²) in [6, 6.07) is 0. The number of hydrogen-bond acceptors (Lipinski definition) is 7. The number of primary amides is 1. The quantitative estimate of drug-likeness (QED) is 0.605. The van der Waals surface area contributed by atoms with Crippen molar-refractivity contribution in [2.45, 2.75) is 25.7 Å². The second-order valence-electron chi connectivity index (χ2n) is 4.27. The van der Waals surface area contributed by atoms with Gasteiger partial charge in [-0.15, -0.1) is 11.3 Å². The number of amides is 1. The minimum Gasteiger partial charge on any atom is -0.465 e. The van der Waals surface area contributed by atoms with Crippen LogP contribution in [-0.4, -0.2) is 36.8 Å². The lowest BCUT2D eigenvalue weighted by Crippen LogP contribution is -2.18. The van der Waals surface area contributed by atoms with Crippen LogP contribution in [0.3, 0.4) is 0 Å². The summed E-state index contributed by atoms with van der Waals surface area (Å²) >= 11 is 1.52. The summed E-state index contributed by atoms with van der Waals surface area (Å²) in [5.74, 6) is -0.459. The van der Waals surface area contributed by atoms with E-state index in [0.717, 1.165) is 28.5 Å². The molecule has 0 aromatic carbocycles. The molecule has 20 heavy (non-hydrogen) atoms. The maximum atomic E-state index is 11.8. The van der Waals surface area contributed by atoms with Gasteiger partial charge in [0.2, 0.25) is 0 Å². The summed E-state index contributed by atoms with van der Waals surface area (Å²) in [6.45, 7) is 2.78. The first-order valence-electron chi connectivity index (χ1n) is 6.44. The lowest BCUT2D eigenvalue weighted by Gasteiger charge is -2.08. The highest BCUT2D eigenvalue weighted by molar-refractivity contribution is 7.15. The Labute approximate surface area is 120 Å². The fourth-order valence-electron chi connectivity index (χ4n) is 2.08. The van der Waals surface area contributed by atoms with Crippen molar-refractivity contribution < 1.29 is 19.1 Å². The van der Waals surface area contributed by atoms with E-state index in [1.165, 1.54) is 11.3 Å². The number of carbonyl (C=O) groups is 2. The van der Waals surface area contributed by atoms with Gasteiger partial charge in [-0.3, -0.25) is 4.79 Å². The molecule has 1 aliphatic rings. The second kappa shape index (κ2) is 6.56. The van der Waals surface area contributed by atoms with E-state index in [4.69, 9.17) is 10.5 Å². The third-order valence-electron chi connectivity index (χ3n) is 2.91. The molecule has 0 radical (unpaired) electrons. The molecule has 8 heteroatoms. The molecule has 1 unspecified atom stereocenters. The molecular formula is C12H17N3O4S. The Kier molecular flexibility index (Phi) is 4.78. The fraction of sp³-hybridized carbons (Fsp3) is 0.583. The zero-order chi connectivity index (χ0) is 14.5. The van der Waals surface area contributed by atoms with Crippen molar-refractivity contribution in [2.24, 2.45) is 5.73 Å². The van der Waals surface area contributed by atoms with E-state index in [-0.39, 0.29) is 18.5 Å². The number of anilines is 1. The number of aromatic nitrogens is 1. The van der Waals surface area contributed by atoms with Crippen molar-refractivity contribution in [3.63, 3.8) is 0 Å². The van der Waals surface area contributed by atoms with Crippen LogP contribution in [0.15, 0.2) is 0 Å². The van der Waals surface area contributed by atoms with E-state index in [1.54, 1.807) is 6.92 Å². The van der Waals surface area contributed by atoms with E-state index in [9.17, 15) is 9.59 Å². The Bertz CT molecular complexity index is 503. The summed E-state index contributed by atoms with van der Waals surface area (Å²) in [6.07, 6.45) is 0.810. The van der Waals surface area contributed by atoms with Crippen LogP contribution >= 0.6 is 11.3 Å². The van der Waals surface area contributed by atoms with E-state index < -0.39 is 6.09 Å². The topological polar surface area (TPSA) is 104 Å². The molecule has 1 aromatic heterocycles. The molecule has 110 valence electrons. The normalized spacial score (nSPS) is 16.6. The van der Waals surface area contributed by atoms with Gasteiger partial charge in [0.15, 0.2) is 5.13 Å². The summed E-state index contributed by atoms with van der Waals surface area (Å²) in [5, 5.41) is 3.76. The number of fused-ring (bicyclic) bond motifs is 1. The van der Waals surface area contributed by atoms with E-state index in [0.29, 0.717) is 13.2 Å². The number of nitrogens with zero attached hydrogens (tertiary/aromatic N) is 1. The van der Waals surface area contributed by atoms with Crippen LogP contribution in [0.1, 0.15) is 29.8 Å². The lowest BCUT2D eigenvalue weighted by molar-refractivity contribution is -0.145. The van der Waals surface area contributed by atoms with Crippen LogP contribution in [0.25, 0.3) is 0 Å². The molecule has 1 atom stereocenters. The van der Waals surface area contributed by atoms with Gasteiger partial charge in [0.05, 0.1) is 18.8 Å². The van der Waals surface area contributed by atoms with Gasteiger partial charge in [-0.2, -0.15) is 0 Å². The summed E-state index contributed by atoms with van der Waals surface area (Å²) < 4.78 is 9.66. The monoisotopic (exact) mass is 299 g/mol. The molecule has 1 aliphatic carbocycles. The number of carbonyl (C=O) groups excluding carboxylic acids is 2. The molecule has 0 saturated heterocycles. The van der Waals surface area contributed by atoms with Crippen molar-refractivity contribution in [3.8, 4) is 0 Å². The van der Waals surface area contributed by atoms with Crippen molar-refractivity contribution in [3.05, 3.63) is 10.6 Å². The van der Waals surface area contributed by atoms with Crippen LogP contribution in [0.4, 0.5) is 9.93 Å². The first-order valence-corrected chi connectivity index (χ1v) is 7.25. The van der Waals surface area contributed by atoms with Gasteiger partial charge in [0, 0.05) is 4.88 Å². The number of thiazole rings is 1. The molecule has 1 aromatic rings. The zero-order valence-electron chi connectivity index (χ0n) is 11.2. The SMILES string of the molecule is CCOC(=O)C1CCc2sc(NCCOC(N)=O)nc21. The summed E-state index contributed by atoms with van der Waals surface area (Å²) in [5.41, 5.74) is 5.67. The third kappa shape index (κ3) is 3.38. The molecule has 0 spiro atoms. The lowest BCUT2D eigenvalue weighted by atomic mass is 10.1. The standard InChI is InChI=1S/C12H17N3O4S/c1-2-18-10(16)7-3-4-8-9(7)15-12(20-8)14-5-6-19-11(13)17/h7H,2-6H2,1H3,(H2,13,17)(H,14,15). The van der Waals surface area contributed by atoms with Gasteiger partial charge in [0.1, 0.15) is 12.5 Å². The first kappa shape index (κ1) is 14.6. The molecule has 2 rings (SSSR count). The summed E-state index contributed by atoms with van der Waals surface area (Å²) in [4.78, 5) is 27.8. The van der Waals surface area contributed by atoms with Crippen molar-refractivity contribution in [1.29, 1.82) is 0 Å². The highest BCUT2D eigenvalue weighted by Crippen LogP contribution is 2.38. The van der Waals surface area contributed by atoms with Crippen LogP contribution in [0, 0.1) is 0 Å². The molecule has 0 aliphatic heterocycles. The number of aryl methyl sites for hydroxylation is 1. The highest BCUT2D eigenvalue weighted by Gasteiger charge is 2.33. The van der Waals surface area contributed by atoms with Gasteiger partial charge in [-0.05, 0) is 19.8 Å². The molecule has 1 heterocycles. The van der Waals surface area contributed by atoms with E-state index >= 15 is 0 Å². The van der Waals surface area contributed by atoms with Gasteiger partial charge >= 0.3 is 12.1 Å². The second-order valence-corrected chi connectivity index (χ2v) is 5.35. The Morgan fingerprint density at radius 1 is 1.50 bits per heavy atom. The molecular weight excluding hydrogens is 282 g/mol. The summed E-state index contributed by atoms with van der Waals surface area (Å²) in [7, 11) is 0. The maximum absolute atomic E-state index is 11.8. The van der Waals surface area contributed by atoms with Gasteiger partial charge in [-0.25, -0.2) is 9.78 Å². The predicted molar refractivity (Wildman–Crippen MR) is 73.8 cm³/mol. The van der Waals surface area contributed by atoms with Crippen LogP contribution < -0.4 is 11.1 Å². The average molecular weight is 299 g/mol. The Hall–Kier alpha value is -1.83. The van der Waals surface area contributed by atoms with Gasteiger partial charge in [0.25, 0.3) is 0 Å². The van der Waals surface area contributed by atoms with Crippen molar-refractivity contribution in [1.82, 2.24) is 4.98 Å². The van der Waals surface area contributed by atoms with Crippen LogP contribution in [0.2, 0.25) is 0 Å². The largest absolute Gasteiger partial charge is 0.465 e. The van der Waals surface area contributed by atoms with Crippen LogP contribution in [-0.2, 0) is 20.7 Å². The van der Waals surface area contributed by atoms with Crippen LogP contribution in [0.5, 0.6) is 0 Å².